The maximum atomic E-state index is 13.4. The van der Waals surface area contributed by atoms with E-state index in [0.717, 1.165) is 31.0 Å². The zero-order valence-electron chi connectivity index (χ0n) is 10.4. The van der Waals surface area contributed by atoms with Gasteiger partial charge in [-0.15, -0.1) is 0 Å². The minimum absolute atomic E-state index is 0.0723. The predicted molar refractivity (Wildman–Crippen MR) is 65.4 cm³/mol. The van der Waals surface area contributed by atoms with Crippen LogP contribution >= 0.6 is 0 Å². The number of urea groups is 1. The second-order valence-corrected chi connectivity index (χ2v) is 4.54. The first kappa shape index (κ1) is 13.7. The summed E-state index contributed by atoms with van der Waals surface area (Å²) in [5.41, 5.74) is 0.105. The van der Waals surface area contributed by atoms with Gasteiger partial charge in [-0.3, -0.25) is 0 Å². The number of carbonyl (C=O) groups is 1. The maximum absolute atomic E-state index is 13.4. The number of halogens is 2. The van der Waals surface area contributed by atoms with E-state index in [1.807, 2.05) is 0 Å². The molecule has 2 N–H and O–H groups in total. The molecule has 0 radical (unpaired) electrons. The van der Waals surface area contributed by atoms with E-state index >= 15 is 0 Å². The van der Waals surface area contributed by atoms with E-state index in [1.165, 1.54) is 4.90 Å². The molecule has 6 heteroatoms. The van der Waals surface area contributed by atoms with Crippen molar-refractivity contribution in [2.75, 3.05) is 13.2 Å². The lowest BCUT2D eigenvalue weighted by molar-refractivity contribution is 0.173. The van der Waals surface area contributed by atoms with E-state index in [2.05, 4.69) is 5.32 Å². The first-order chi connectivity index (χ1) is 9.11. The highest BCUT2D eigenvalue weighted by atomic mass is 19.1. The van der Waals surface area contributed by atoms with Gasteiger partial charge in [0.25, 0.3) is 0 Å². The smallest absolute Gasteiger partial charge is 0.317 e. The summed E-state index contributed by atoms with van der Waals surface area (Å²) in [4.78, 5) is 13.4. The molecular formula is C13H16F2N2O2. The molecule has 0 bridgehead atoms. The number of rotatable bonds is 5. The van der Waals surface area contributed by atoms with Gasteiger partial charge in [-0.25, -0.2) is 13.6 Å². The molecule has 0 saturated heterocycles. The molecule has 1 fully saturated rings. The largest absolute Gasteiger partial charge is 0.395 e. The Morgan fingerprint density at radius 2 is 2.16 bits per heavy atom. The number of aliphatic hydroxyl groups is 1. The van der Waals surface area contributed by atoms with Gasteiger partial charge in [0.05, 0.1) is 6.61 Å². The van der Waals surface area contributed by atoms with Crippen molar-refractivity contribution in [2.24, 2.45) is 0 Å². The molecule has 2 amide bonds. The fourth-order valence-corrected chi connectivity index (χ4v) is 1.90. The number of benzene rings is 1. The Kier molecular flexibility index (Phi) is 4.31. The highest BCUT2D eigenvalue weighted by Gasteiger charge is 2.31. The second kappa shape index (κ2) is 5.97. The molecule has 4 nitrogen and oxygen atoms in total. The van der Waals surface area contributed by atoms with Crippen molar-refractivity contribution < 1.29 is 18.7 Å². The summed E-state index contributed by atoms with van der Waals surface area (Å²) in [5.74, 6) is -1.10. The standard InChI is InChI=1S/C13H16F2N2O2/c14-10-1-4-12(15)9(7-10)8-16-13(19)17(5-6-18)11-2-3-11/h1,4,7,11,18H,2-3,5-6,8H2,(H,16,19). The number of nitrogens with zero attached hydrogens (tertiary/aromatic N) is 1. The fourth-order valence-electron chi connectivity index (χ4n) is 1.90. The van der Waals surface area contributed by atoms with Crippen LogP contribution in [0.15, 0.2) is 18.2 Å². The molecule has 1 saturated carbocycles. The van der Waals surface area contributed by atoms with Crippen LogP contribution < -0.4 is 5.32 Å². The second-order valence-electron chi connectivity index (χ2n) is 4.54. The molecule has 19 heavy (non-hydrogen) atoms. The van der Waals surface area contributed by atoms with Crippen LogP contribution in [0.2, 0.25) is 0 Å². The minimum atomic E-state index is -0.554. The highest BCUT2D eigenvalue weighted by molar-refractivity contribution is 5.74. The van der Waals surface area contributed by atoms with Crippen LogP contribution in [0.25, 0.3) is 0 Å². The third-order valence-electron chi connectivity index (χ3n) is 3.03. The minimum Gasteiger partial charge on any atom is -0.395 e. The van der Waals surface area contributed by atoms with Crippen molar-refractivity contribution in [2.45, 2.75) is 25.4 Å². The SMILES string of the molecule is O=C(NCc1cc(F)ccc1F)N(CCO)C1CC1. The van der Waals surface area contributed by atoms with E-state index in [1.54, 1.807) is 0 Å². The Morgan fingerprint density at radius 1 is 1.42 bits per heavy atom. The van der Waals surface area contributed by atoms with Crippen LogP contribution in [0.1, 0.15) is 18.4 Å². The van der Waals surface area contributed by atoms with Crippen molar-refractivity contribution in [3.63, 3.8) is 0 Å². The Labute approximate surface area is 110 Å². The van der Waals surface area contributed by atoms with Gasteiger partial charge < -0.3 is 15.3 Å². The van der Waals surface area contributed by atoms with Gasteiger partial charge >= 0.3 is 6.03 Å². The first-order valence-corrected chi connectivity index (χ1v) is 6.21. The quantitative estimate of drug-likeness (QED) is 0.854. The Hall–Kier alpha value is -1.69. The van der Waals surface area contributed by atoms with Gasteiger partial charge in [-0.05, 0) is 31.0 Å². The van der Waals surface area contributed by atoms with E-state index < -0.39 is 11.6 Å². The number of aliphatic hydroxyl groups excluding tert-OH is 1. The van der Waals surface area contributed by atoms with Crippen LogP contribution in [0.4, 0.5) is 13.6 Å². The molecule has 0 heterocycles. The zero-order valence-corrected chi connectivity index (χ0v) is 10.4. The molecule has 0 spiro atoms. The molecule has 0 unspecified atom stereocenters. The van der Waals surface area contributed by atoms with Crippen LogP contribution in [-0.4, -0.2) is 35.2 Å². The molecule has 1 aromatic rings. The highest BCUT2D eigenvalue weighted by Crippen LogP contribution is 2.26. The molecule has 0 aliphatic heterocycles. The Bertz CT molecular complexity index is 464. The van der Waals surface area contributed by atoms with Crippen molar-refractivity contribution >= 4 is 6.03 Å². The van der Waals surface area contributed by atoms with Gasteiger partial charge in [-0.1, -0.05) is 0 Å². The summed E-state index contributed by atoms with van der Waals surface area (Å²) in [6.07, 6.45) is 1.84. The van der Waals surface area contributed by atoms with Gasteiger partial charge in [-0.2, -0.15) is 0 Å². The monoisotopic (exact) mass is 270 g/mol. The Morgan fingerprint density at radius 3 is 2.79 bits per heavy atom. The molecule has 0 atom stereocenters. The zero-order chi connectivity index (χ0) is 13.8. The number of hydrogen-bond acceptors (Lipinski definition) is 2. The average molecular weight is 270 g/mol. The normalized spacial score (nSPS) is 14.3. The number of amides is 2. The van der Waals surface area contributed by atoms with Crippen LogP contribution in [0, 0.1) is 11.6 Å². The van der Waals surface area contributed by atoms with Crippen LogP contribution in [0.3, 0.4) is 0 Å². The van der Waals surface area contributed by atoms with Crippen molar-refractivity contribution in [3.8, 4) is 0 Å². The molecule has 1 aromatic carbocycles. The summed E-state index contributed by atoms with van der Waals surface area (Å²) in [6, 6.07) is 2.92. The summed E-state index contributed by atoms with van der Waals surface area (Å²) in [6.45, 7) is 0.0669. The third-order valence-corrected chi connectivity index (χ3v) is 3.03. The summed E-state index contributed by atoms with van der Waals surface area (Å²) in [7, 11) is 0. The number of carbonyl (C=O) groups excluding carboxylic acids is 1. The molecule has 1 aliphatic carbocycles. The van der Waals surface area contributed by atoms with Gasteiger partial charge in [0.2, 0.25) is 0 Å². The molecular weight excluding hydrogens is 254 g/mol. The topological polar surface area (TPSA) is 52.6 Å². The van der Waals surface area contributed by atoms with E-state index in [4.69, 9.17) is 5.11 Å². The lowest BCUT2D eigenvalue weighted by atomic mass is 10.2. The summed E-state index contributed by atoms with van der Waals surface area (Å²) < 4.78 is 26.3. The van der Waals surface area contributed by atoms with E-state index in [-0.39, 0.29) is 37.3 Å². The van der Waals surface area contributed by atoms with Crippen molar-refractivity contribution in [1.82, 2.24) is 10.2 Å². The number of hydrogen-bond donors (Lipinski definition) is 2. The first-order valence-electron chi connectivity index (χ1n) is 6.21. The van der Waals surface area contributed by atoms with Gasteiger partial charge in [0, 0.05) is 24.7 Å². The lowest BCUT2D eigenvalue weighted by Crippen LogP contribution is -2.42. The lowest BCUT2D eigenvalue weighted by Gasteiger charge is -2.21. The third kappa shape index (κ3) is 3.64. The van der Waals surface area contributed by atoms with Crippen molar-refractivity contribution in [1.29, 1.82) is 0 Å². The van der Waals surface area contributed by atoms with E-state index in [0.29, 0.717) is 0 Å². The van der Waals surface area contributed by atoms with Crippen LogP contribution in [-0.2, 0) is 6.54 Å². The number of nitrogens with one attached hydrogen (secondary N) is 1. The van der Waals surface area contributed by atoms with Gasteiger partial charge in [0.1, 0.15) is 11.6 Å². The van der Waals surface area contributed by atoms with Crippen molar-refractivity contribution in [3.05, 3.63) is 35.4 Å². The predicted octanol–water partition coefficient (Wildman–Crippen LogP) is 1.63. The molecule has 104 valence electrons. The summed E-state index contributed by atoms with van der Waals surface area (Å²) in [5, 5.41) is 11.4. The molecule has 1 aliphatic rings. The molecule has 2 rings (SSSR count). The average Bonchev–Trinajstić information content (AvgIpc) is 3.21. The summed E-state index contributed by atoms with van der Waals surface area (Å²) >= 11 is 0. The van der Waals surface area contributed by atoms with Crippen LogP contribution in [0.5, 0.6) is 0 Å². The van der Waals surface area contributed by atoms with Gasteiger partial charge in [0.15, 0.2) is 0 Å². The molecule has 0 aromatic heterocycles. The Balaban J connectivity index is 1.93. The maximum Gasteiger partial charge on any atom is 0.317 e. The van der Waals surface area contributed by atoms with E-state index in [9.17, 15) is 13.6 Å². The fraction of sp³-hybridized carbons (Fsp3) is 0.462.